The first-order valence-electron chi connectivity index (χ1n) is 7.49. The summed E-state index contributed by atoms with van der Waals surface area (Å²) < 4.78 is 1.54. The third kappa shape index (κ3) is 2.80. The van der Waals surface area contributed by atoms with Gasteiger partial charge in [0, 0.05) is 23.9 Å². The molecule has 2 heterocycles. The molecule has 2 aromatic rings. The van der Waals surface area contributed by atoms with Gasteiger partial charge in [-0.05, 0) is 31.9 Å². The molecule has 0 radical (unpaired) electrons. The predicted molar refractivity (Wildman–Crippen MR) is 87.7 cm³/mol. The van der Waals surface area contributed by atoms with Crippen molar-refractivity contribution in [2.45, 2.75) is 25.7 Å². The van der Waals surface area contributed by atoms with Gasteiger partial charge in [0.05, 0.1) is 0 Å². The van der Waals surface area contributed by atoms with E-state index in [1.54, 1.807) is 10.6 Å². The Balaban J connectivity index is 1.82. The van der Waals surface area contributed by atoms with E-state index < -0.39 is 0 Å². The Morgan fingerprint density at radius 2 is 2.23 bits per heavy atom. The zero-order valence-electron chi connectivity index (χ0n) is 12.9. The number of rotatable bonds is 6. The van der Waals surface area contributed by atoms with Crippen LogP contribution in [0.25, 0.3) is 4.96 Å². The largest absolute Gasteiger partial charge is 0.372 e. The number of nitrogens with one attached hydrogen (secondary N) is 1. The molecule has 0 aliphatic heterocycles. The first-order chi connectivity index (χ1) is 10.5. The second-order valence-electron chi connectivity index (χ2n) is 6.40. The summed E-state index contributed by atoms with van der Waals surface area (Å²) in [6.45, 7) is 1.73. The van der Waals surface area contributed by atoms with Crippen LogP contribution < -0.4 is 5.32 Å². The van der Waals surface area contributed by atoms with E-state index in [1.807, 2.05) is 5.38 Å². The molecule has 0 amide bonds. The molecule has 120 valence electrons. The fourth-order valence-electron chi connectivity index (χ4n) is 3.52. The maximum atomic E-state index is 11.3. The molecule has 1 aliphatic rings. The van der Waals surface area contributed by atoms with Gasteiger partial charge in [-0.25, -0.2) is 0 Å². The lowest BCUT2D eigenvalue weighted by Crippen LogP contribution is -2.37. The standard InChI is InChI=1S/C14H21N5O2S/c1-17(2)10-14(5-3-4-6-14)9-15-11-12(19(20)21)18-7-8-22-13(18)16-11/h7-8,15H,3-6,9-10H2,1-2H3. The minimum atomic E-state index is -0.359. The fraction of sp³-hybridized carbons (Fsp3) is 0.643. The van der Waals surface area contributed by atoms with Crippen molar-refractivity contribution in [2.24, 2.45) is 5.41 Å². The summed E-state index contributed by atoms with van der Waals surface area (Å²) in [6, 6.07) is 0. The van der Waals surface area contributed by atoms with Crippen molar-refractivity contribution < 1.29 is 4.92 Å². The third-order valence-electron chi connectivity index (χ3n) is 4.36. The Hall–Kier alpha value is -1.67. The lowest BCUT2D eigenvalue weighted by Gasteiger charge is -2.32. The number of anilines is 1. The highest BCUT2D eigenvalue weighted by molar-refractivity contribution is 7.15. The van der Waals surface area contributed by atoms with Crippen LogP contribution in [0.15, 0.2) is 11.6 Å². The van der Waals surface area contributed by atoms with E-state index >= 15 is 0 Å². The molecule has 1 saturated carbocycles. The van der Waals surface area contributed by atoms with Crippen molar-refractivity contribution in [1.82, 2.24) is 14.3 Å². The quantitative estimate of drug-likeness (QED) is 0.653. The number of thiazole rings is 1. The molecule has 0 aromatic carbocycles. The van der Waals surface area contributed by atoms with Crippen LogP contribution >= 0.6 is 11.3 Å². The molecule has 1 fully saturated rings. The lowest BCUT2D eigenvalue weighted by molar-refractivity contribution is -0.389. The number of nitrogens with zero attached hydrogens (tertiary/aromatic N) is 4. The summed E-state index contributed by atoms with van der Waals surface area (Å²) in [6.07, 6.45) is 6.48. The van der Waals surface area contributed by atoms with Crippen LogP contribution in [0, 0.1) is 15.5 Å². The van der Waals surface area contributed by atoms with E-state index in [-0.39, 0.29) is 16.2 Å². The fourth-order valence-corrected chi connectivity index (χ4v) is 4.23. The van der Waals surface area contributed by atoms with Gasteiger partial charge in [0.1, 0.15) is 6.20 Å². The predicted octanol–water partition coefficient (Wildman–Crippen LogP) is 2.84. The second kappa shape index (κ2) is 5.85. The minimum absolute atomic E-state index is 0.0363. The summed E-state index contributed by atoms with van der Waals surface area (Å²) in [7, 11) is 4.16. The molecular formula is C14H21N5O2S. The topological polar surface area (TPSA) is 75.7 Å². The molecular weight excluding hydrogens is 302 g/mol. The summed E-state index contributed by atoms with van der Waals surface area (Å²) in [5, 5.41) is 16.4. The van der Waals surface area contributed by atoms with Gasteiger partial charge in [0.25, 0.3) is 4.96 Å². The van der Waals surface area contributed by atoms with Crippen LogP contribution in [0.5, 0.6) is 0 Å². The molecule has 22 heavy (non-hydrogen) atoms. The average Bonchev–Trinajstić information content (AvgIpc) is 3.09. The Kier molecular flexibility index (Phi) is 4.05. The maximum absolute atomic E-state index is 11.3. The average molecular weight is 323 g/mol. The van der Waals surface area contributed by atoms with Gasteiger partial charge < -0.3 is 20.3 Å². The Labute approximate surface area is 133 Å². The Morgan fingerprint density at radius 3 is 2.86 bits per heavy atom. The van der Waals surface area contributed by atoms with Crippen LogP contribution in [0.3, 0.4) is 0 Å². The highest BCUT2D eigenvalue weighted by Crippen LogP contribution is 2.39. The highest BCUT2D eigenvalue weighted by atomic mass is 32.1. The lowest BCUT2D eigenvalue weighted by atomic mass is 9.85. The molecule has 3 rings (SSSR count). The number of hydrogen-bond acceptors (Lipinski definition) is 6. The third-order valence-corrected chi connectivity index (χ3v) is 5.11. The van der Waals surface area contributed by atoms with Crippen molar-refractivity contribution in [3.63, 3.8) is 0 Å². The Bertz CT molecular complexity index is 672. The zero-order chi connectivity index (χ0) is 15.7. The molecule has 7 nitrogen and oxygen atoms in total. The molecule has 1 aliphatic carbocycles. The van der Waals surface area contributed by atoms with E-state index in [1.165, 1.54) is 24.2 Å². The molecule has 0 bridgehead atoms. The number of aromatic nitrogens is 2. The molecule has 0 spiro atoms. The molecule has 0 saturated heterocycles. The molecule has 8 heteroatoms. The second-order valence-corrected chi connectivity index (χ2v) is 7.27. The van der Waals surface area contributed by atoms with Crippen molar-refractivity contribution >= 4 is 27.9 Å². The van der Waals surface area contributed by atoms with Crippen molar-refractivity contribution in [2.75, 3.05) is 32.5 Å². The van der Waals surface area contributed by atoms with Gasteiger partial charge in [-0.3, -0.25) is 0 Å². The number of fused-ring (bicyclic) bond motifs is 1. The van der Waals surface area contributed by atoms with Crippen molar-refractivity contribution in [1.29, 1.82) is 0 Å². The summed E-state index contributed by atoms with van der Waals surface area (Å²) >= 11 is 1.41. The highest BCUT2D eigenvalue weighted by Gasteiger charge is 2.35. The number of nitro groups is 1. The summed E-state index contributed by atoms with van der Waals surface area (Å²) in [5.41, 5.74) is 0.189. The molecule has 0 atom stereocenters. The zero-order valence-corrected chi connectivity index (χ0v) is 13.7. The van der Waals surface area contributed by atoms with Crippen LogP contribution in [0.1, 0.15) is 25.7 Å². The summed E-state index contributed by atoms with van der Waals surface area (Å²) in [4.78, 5) is 18.2. The van der Waals surface area contributed by atoms with Crippen molar-refractivity contribution in [3.8, 4) is 0 Å². The monoisotopic (exact) mass is 323 g/mol. The van der Waals surface area contributed by atoms with E-state index in [2.05, 4.69) is 29.3 Å². The van der Waals surface area contributed by atoms with E-state index in [0.717, 1.165) is 25.9 Å². The van der Waals surface area contributed by atoms with E-state index in [4.69, 9.17) is 0 Å². The van der Waals surface area contributed by atoms with Gasteiger partial charge in [-0.15, -0.1) is 0 Å². The molecule has 1 N–H and O–H groups in total. The number of hydrogen-bond donors (Lipinski definition) is 1. The Morgan fingerprint density at radius 1 is 1.50 bits per heavy atom. The van der Waals surface area contributed by atoms with Gasteiger partial charge in [-0.2, -0.15) is 9.38 Å². The molecule has 0 unspecified atom stereocenters. The van der Waals surface area contributed by atoms with Crippen LogP contribution in [0.4, 0.5) is 11.6 Å². The first-order valence-corrected chi connectivity index (χ1v) is 8.37. The smallest absolute Gasteiger partial charge is 0.362 e. The molecule has 2 aromatic heterocycles. The van der Waals surface area contributed by atoms with Gasteiger partial charge >= 0.3 is 5.82 Å². The van der Waals surface area contributed by atoms with Gasteiger partial charge in [0.15, 0.2) is 0 Å². The van der Waals surface area contributed by atoms with Crippen molar-refractivity contribution in [3.05, 3.63) is 21.7 Å². The normalized spacial score (nSPS) is 17.4. The van der Waals surface area contributed by atoms with Gasteiger partial charge in [0.2, 0.25) is 5.82 Å². The summed E-state index contributed by atoms with van der Waals surface area (Å²) in [5.74, 6) is 0.427. The van der Waals surface area contributed by atoms with Crippen LogP contribution in [0.2, 0.25) is 0 Å². The first kappa shape index (κ1) is 15.2. The van der Waals surface area contributed by atoms with Crippen LogP contribution in [-0.2, 0) is 0 Å². The van der Waals surface area contributed by atoms with Gasteiger partial charge in [-0.1, -0.05) is 24.2 Å². The van der Waals surface area contributed by atoms with E-state index in [9.17, 15) is 10.1 Å². The van der Waals surface area contributed by atoms with Crippen LogP contribution in [-0.4, -0.2) is 46.4 Å². The number of imidazole rings is 1. The maximum Gasteiger partial charge on any atom is 0.372 e. The van der Waals surface area contributed by atoms with E-state index in [0.29, 0.717) is 10.8 Å². The minimum Gasteiger partial charge on any atom is -0.362 e. The SMILES string of the molecule is CN(C)CC1(CNc2nc3sccn3c2[N+](=O)[O-])CCCC1.